The van der Waals surface area contributed by atoms with Crippen LogP contribution in [0.2, 0.25) is 0 Å². The predicted molar refractivity (Wildman–Crippen MR) is 62.7 cm³/mol. The highest BCUT2D eigenvalue weighted by atomic mass is 16.5. The maximum absolute atomic E-state index is 9.53. The molecule has 0 amide bonds. The molecular weight excluding hydrogens is 220 g/mol. The van der Waals surface area contributed by atoms with Gasteiger partial charge < -0.3 is 14.4 Å². The van der Waals surface area contributed by atoms with Crippen molar-refractivity contribution in [3.05, 3.63) is 17.0 Å². The Morgan fingerprint density at radius 1 is 1.47 bits per heavy atom. The number of aryl methyl sites for hydroxylation is 2. The molecule has 0 spiro atoms. The number of ether oxygens (including phenoxy) is 1. The van der Waals surface area contributed by atoms with E-state index in [0.717, 1.165) is 30.1 Å². The average Bonchev–Trinajstić information content (AvgIpc) is 2.64. The summed E-state index contributed by atoms with van der Waals surface area (Å²) in [4.78, 5) is 2.24. The summed E-state index contributed by atoms with van der Waals surface area (Å²) in [6.45, 7) is 8.82. The van der Waals surface area contributed by atoms with Crippen LogP contribution in [0, 0.1) is 13.8 Å². The van der Waals surface area contributed by atoms with E-state index in [4.69, 9.17) is 9.26 Å². The molecule has 0 bridgehead atoms. The molecule has 1 aliphatic rings. The van der Waals surface area contributed by atoms with E-state index < -0.39 is 0 Å². The lowest BCUT2D eigenvalue weighted by Gasteiger charge is -2.43. The highest BCUT2D eigenvalue weighted by Gasteiger charge is 2.35. The molecule has 2 rings (SSSR count). The highest BCUT2D eigenvalue weighted by molar-refractivity contribution is 5.21. The summed E-state index contributed by atoms with van der Waals surface area (Å²) in [6.07, 6.45) is 0. The van der Waals surface area contributed by atoms with Crippen molar-refractivity contribution >= 4 is 0 Å². The van der Waals surface area contributed by atoms with Crippen LogP contribution in [0.15, 0.2) is 4.52 Å². The molecular formula is C12H20N2O3. The smallest absolute Gasteiger partial charge is 0.138 e. The number of hydrogen-bond donors (Lipinski definition) is 1. The highest BCUT2D eigenvalue weighted by Crippen LogP contribution is 2.24. The zero-order valence-electron chi connectivity index (χ0n) is 10.7. The summed E-state index contributed by atoms with van der Waals surface area (Å²) < 4.78 is 10.6. The molecule has 5 heteroatoms. The van der Waals surface area contributed by atoms with Crippen molar-refractivity contribution in [1.82, 2.24) is 10.1 Å². The largest absolute Gasteiger partial charge is 0.394 e. The minimum atomic E-state index is -0.311. The third kappa shape index (κ3) is 2.36. The van der Waals surface area contributed by atoms with Gasteiger partial charge in [0.25, 0.3) is 0 Å². The lowest BCUT2D eigenvalue weighted by molar-refractivity contribution is -0.0865. The maximum atomic E-state index is 9.53. The Hall–Kier alpha value is -0.910. The second-order valence-electron chi connectivity index (χ2n) is 4.93. The monoisotopic (exact) mass is 240 g/mol. The predicted octanol–water partition coefficient (Wildman–Crippen LogP) is 0.875. The molecule has 1 N–H and O–H groups in total. The molecule has 96 valence electrons. The zero-order chi connectivity index (χ0) is 12.5. The van der Waals surface area contributed by atoms with Crippen LogP contribution in [0.1, 0.15) is 23.9 Å². The van der Waals surface area contributed by atoms with E-state index in [1.165, 1.54) is 0 Å². The molecule has 0 saturated carbocycles. The van der Waals surface area contributed by atoms with Crippen molar-refractivity contribution in [2.24, 2.45) is 0 Å². The van der Waals surface area contributed by atoms with Crippen molar-refractivity contribution in [2.75, 3.05) is 26.4 Å². The Balaban J connectivity index is 2.16. The second-order valence-corrected chi connectivity index (χ2v) is 4.93. The molecule has 0 aliphatic carbocycles. The van der Waals surface area contributed by atoms with E-state index in [1.807, 2.05) is 20.8 Å². The molecule has 5 nitrogen and oxygen atoms in total. The topological polar surface area (TPSA) is 58.7 Å². The van der Waals surface area contributed by atoms with Gasteiger partial charge in [-0.25, -0.2) is 0 Å². The third-order valence-corrected chi connectivity index (χ3v) is 3.55. The molecule has 17 heavy (non-hydrogen) atoms. The first kappa shape index (κ1) is 12.5. The lowest BCUT2D eigenvalue weighted by atomic mass is 9.99. The van der Waals surface area contributed by atoms with E-state index in [0.29, 0.717) is 13.2 Å². The number of aliphatic hydroxyl groups is 1. The first-order valence-corrected chi connectivity index (χ1v) is 5.92. The van der Waals surface area contributed by atoms with Crippen LogP contribution < -0.4 is 0 Å². The van der Waals surface area contributed by atoms with Gasteiger partial charge in [0.15, 0.2) is 0 Å². The Bertz CT molecular complexity index is 372. The summed E-state index contributed by atoms with van der Waals surface area (Å²) in [5.41, 5.74) is 1.73. The Morgan fingerprint density at radius 2 is 2.24 bits per heavy atom. The summed E-state index contributed by atoms with van der Waals surface area (Å²) in [5.74, 6) is 0.856. The van der Waals surface area contributed by atoms with Gasteiger partial charge in [-0.2, -0.15) is 0 Å². The van der Waals surface area contributed by atoms with E-state index in [-0.39, 0.29) is 12.1 Å². The average molecular weight is 240 g/mol. The zero-order valence-corrected chi connectivity index (χ0v) is 10.7. The number of rotatable bonds is 3. The fourth-order valence-corrected chi connectivity index (χ4v) is 2.16. The third-order valence-electron chi connectivity index (χ3n) is 3.55. The first-order chi connectivity index (χ1) is 8.07. The van der Waals surface area contributed by atoms with E-state index in [9.17, 15) is 5.11 Å². The number of morpholine rings is 1. The van der Waals surface area contributed by atoms with Crippen LogP contribution in [0.25, 0.3) is 0 Å². The minimum absolute atomic E-state index is 0.0936. The Morgan fingerprint density at radius 3 is 2.82 bits per heavy atom. The van der Waals surface area contributed by atoms with Crippen LogP contribution in [0.3, 0.4) is 0 Å². The molecule has 1 aromatic rings. The van der Waals surface area contributed by atoms with Gasteiger partial charge in [-0.15, -0.1) is 0 Å². The molecule has 0 aromatic carbocycles. The molecule has 1 saturated heterocycles. The van der Waals surface area contributed by atoms with E-state index in [2.05, 4.69) is 10.1 Å². The van der Waals surface area contributed by atoms with Gasteiger partial charge in [-0.1, -0.05) is 5.16 Å². The Kier molecular flexibility index (Phi) is 3.51. The van der Waals surface area contributed by atoms with E-state index >= 15 is 0 Å². The van der Waals surface area contributed by atoms with Gasteiger partial charge >= 0.3 is 0 Å². The van der Waals surface area contributed by atoms with Crippen LogP contribution in [-0.2, 0) is 11.3 Å². The molecule has 0 unspecified atom stereocenters. The normalized spacial score (nSPS) is 26.4. The van der Waals surface area contributed by atoms with Crippen LogP contribution in [0.5, 0.6) is 0 Å². The quantitative estimate of drug-likeness (QED) is 0.849. The van der Waals surface area contributed by atoms with Crippen LogP contribution >= 0.6 is 0 Å². The molecule has 1 atom stereocenters. The van der Waals surface area contributed by atoms with Gasteiger partial charge in [0, 0.05) is 18.7 Å². The standard InChI is InChI=1S/C12H20N2O3/c1-9-11(10(2)17-13-9)6-14-4-5-16-8-12(14,3)7-15/h15H,4-8H2,1-3H3/t12-/m1/s1. The van der Waals surface area contributed by atoms with Gasteiger partial charge in [0.2, 0.25) is 0 Å². The van der Waals surface area contributed by atoms with Crippen molar-refractivity contribution in [2.45, 2.75) is 32.9 Å². The summed E-state index contributed by atoms with van der Waals surface area (Å²) >= 11 is 0. The Labute approximate surface area is 101 Å². The molecule has 1 aliphatic heterocycles. The van der Waals surface area contributed by atoms with Gasteiger partial charge in [0.05, 0.1) is 31.1 Å². The lowest BCUT2D eigenvalue weighted by Crippen LogP contribution is -2.56. The first-order valence-electron chi connectivity index (χ1n) is 5.92. The fourth-order valence-electron chi connectivity index (χ4n) is 2.16. The van der Waals surface area contributed by atoms with Crippen molar-refractivity contribution < 1.29 is 14.4 Å². The summed E-state index contributed by atoms with van der Waals surface area (Å²) in [6, 6.07) is 0. The summed E-state index contributed by atoms with van der Waals surface area (Å²) in [7, 11) is 0. The number of aromatic nitrogens is 1. The number of hydrogen-bond acceptors (Lipinski definition) is 5. The number of nitrogens with zero attached hydrogens (tertiary/aromatic N) is 2. The van der Waals surface area contributed by atoms with Crippen molar-refractivity contribution in [1.29, 1.82) is 0 Å². The SMILES string of the molecule is Cc1noc(C)c1CN1CCOC[C@@]1(C)CO. The molecule has 1 fully saturated rings. The van der Waals surface area contributed by atoms with Crippen molar-refractivity contribution in [3.63, 3.8) is 0 Å². The fraction of sp³-hybridized carbons (Fsp3) is 0.750. The van der Waals surface area contributed by atoms with Gasteiger partial charge in [-0.3, -0.25) is 4.90 Å². The second kappa shape index (κ2) is 4.76. The van der Waals surface area contributed by atoms with Gasteiger partial charge in [0.1, 0.15) is 5.76 Å². The summed E-state index contributed by atoms with van der Waals surface area (Å²) in [5, 5.41) is 13.5. The molecule has 2 heterocycles. The number of aliphatic hydroxyl groups excluding tert-OH is 1. The maximum Gasteiger partial charge on any atom is 0.138 e. The van der Waals surface area contributed by atoms with Gasteiger partial charge in [-0.05, 0) is 20.8 Å². The molecule has 0 radical (unpaired) electrons. The minimum Gasteiger partial charge on any atom is -0.394 e. The van der Waals surface area contributed by atoms with Crippen LogP contribution in [0.4, 0.5) is 0 Å². The van der Waals surface area contributed by atoms with Crippen LogP contribution in [-0.4, -0.2) is 47.1 Å². The van der Waals surface area contributed by atoms with E-state index in [1.54, 1.807) is 0 Å². The molecule has 1 aromatic heterocycles. The van der Waals surface area contributed by atoms with Crippen molar-refractivity contribution in [3.8, 4) is 0 Å².